The Morgan fingerprint density at radius 3 is 1.94 bits per heavy atom. The van der Waals surface area contributed by atoms with Gasteiger partial charge in [-0.05, 0) is 39.2 Å². The highest BCUT2D eigenvalue weighted by Crippen LogP contribution is 2.10. The molecule has 0 aliphatic rings. The maximum absolute atomic E-state index is 2.30. The average molecular weight is 222 g/mol. The Morgan fingerprint density at radius 1 is 0.875 bits per heavy atom. The van der Waals surface area contributed by atoms with E-state index >= 15 is 0 Å². The SMILES string of the molecule is CC.CN(C)CCCN(C)c1ccccc1. The lowest BCUT2D eigenvalue weighted by molar-refractivity contribution is 0.401. The quantitative estimate of drug-likeness (QED) is 0.755. The van der Waals surface area contributed by atoms with E-state index in [1.54, 1.807) is 0 Å². The van der Waals surface area contributed by atoms with Gasteiger partial charge in [0.15, 0.2) is 0 Å². The van der Waals surface area contributed by atoms with Gasteiger partial charge in [0.05, 0.1) is 0 Å². The summed E-state index contributed by atoms with van der Waals surface area (Å²) in [4.78, 5) is 4.52. The van der Waals surface area contributed by atoms with Gasteiger partial charge in [-0.3, -0.25) is 0 Å². The Kier molecular flexibility index (Phi) is 8.64. The largest absolute Gasteiger partial charge is 0.375 e. The smallest absolute Gasteiger partial charge is 0.0363 e. The van der Waals surface area contributed by atoms with Gasteiger partial charge >= 0.3 is 0 Å². The molecule has 0 bridgehead atoms. The second kappa shape index (κ2) is 9.22. The first-order valence-electron chi connectivity index (χ1n) is 6.11. The van der Waals surface area contributed by atoms with Gasteiger partial charge in [0.2, 0.25) is 0 Å². The monoisotopic (exact) mass is 222 g/mol. The number of rotatable bonds is 5. The molecule has 1 aromatic rings. The minimum absolute atomic E-state index is 1.11. The van der Waals surface area contributed by atoms with Crippen molar-refractivity contribution in [1.29, 1.82) is 0 Å². The van der Waals surface area contributed by atoms with Crippen molar-refractivity contribution in [3.05, 3.63) is 30.3 Å². The van der Waals surface area contributed by atoms with Crippen molar-refractivity contribution in [2.75, 3.05) is 39.1 Å². The second-order valence-corrected chi connectivity index (χ2v) is 3.91. The lowest BCUT2D eigenvalue weighted by Crippen LogP contribution is -2.23. The van der Waals surface area contributed by atoms with Crippen LogP contribution in [0.15, 0.2) is 30.3 Å². The Balaban J connectivity index is 0.00000106. The van der Waals surface area contributed by atoms with Crippen LogP contribution in [-0.4, -0.2) is 39.1 Å². The zero-order chi connectivity index (χ0) is 12.4. The molecule has 2 nitrogen and oxygen atoms in total. The third kappa shape index (κ3) is 6.46. The number of para-hydroxylation sites is 1. The van der Waals surface area contributed by atoms with Crippen molar-refractivity contribution in [3.63, 3.8) is 0 Å². The van der Waals surface area contributed by atoms with Crippen LogP contribution in [0.1, 0.15) is 20.3 Å². The van der Waals surface area contributed by atoms with Crippen molar-refractivity contribution >= 4 is 5.69 Å². The first kappa shape index (κ1) is 15.0. The summed E-state index contributed by atoms with van der Waals surface area (Å²) in [5.74, 6) is 0. The molecule has 16 heavy (non-hydrogen) atoms. The number of anilines is 1. The van der Waals surface area contributed by atoms with E-state index in [9.17, 15) is 0 Å². The number of hydrogen-bond donors (Lipinski definition) is 0. The van der Waals surface area contributed by atoms with Crippen LogP contribution in [0.25, 0.3) is 0 Å². The van der Waals surface area contributed by atoms with E-state index in [2.05, 4.69) is 61.3 Å². The summed E-state index contributed by atoms with van der Waals surface area (Å²) < 4.78 is 0. The van der Waals surface area contributed by atoms with Crippen LogP contribution in [0.5, 0.6) is 0 Å². The third-order valence-corrected chi connectivity index (χ3v) is 2.30. The van der Waals surface area contributed by atoms with Gasteiger partial charge in [-0.15, -0.1) is 0 Å². The summed E-state index contributed by atoms with van der Waals surface area (Å²) in [7, 11) is 6.37. The van der Waals surface area contributed by atoms with Crippen molar-refractivity contribution in [3.8, 4) is 0 Å². The lowest BCUT2D eigenvalue weighted by Gasteiger charge is -2.20. The van der Waals surface area contributed by atoms with E-state index in [0.29, 0.717) is 0 Å². The Hall–Kier alpha value is -1.02. The van der Waals surface area contributed by atoms with E-state index in [1.807, 2.05) is 13.8 Å². The molecule has 2 heteroatoms. The van der Waals surface area contributed by atoms with Gasteiger partial charge in [0, 0.05) is 19.3 Å². The summed E-state index contributed by atoms with van der Waals surface area (Å²) in [5, 5.41) is 0. The van der Waals surface area contributed by atoms with Crippen molar-refractivity contribution in [2.24, 2.45) is 0 Å². The minimum atomic E-state index is 1.11. The van der Waals surface area contributed by atoms with Gasteiger partial charge in [-0.25, -0.2) is 0 Å². The van der Waals surface area contributed by atoms with Gasteiger partial charge < -0.3 is 9.80 Å². The molecular weight excluding hydrogens is 196 g/mol. The first-order valence-corrected chi connectivity index (χ1v) is 6.11. The molecule has 0 N–H and O–H groups in total. The highest BCUT2D eigenvalue weighted by Gasteiger charge is 1.98. The van der Waals surface area contributed by atoms with Crippen LogP contribution in [0.4, 0.5) is 5.69 Å². The van der Waals surface area contributed by atoms with Crippen molar-refractivity contribution in [2.45, 2.75) is 20.3 Å². The first-order chi connectivity index (χ1) is 7.70. The van der Waals surface area contributed by atoms with E-state index in [4.69, 9.17) is 0 Å². The zero-order valence-corrected chi connectivity index (χ0v) is 11.4. The van der Waals surface area contributed by atoms with Crippen molar-refractivity contribution < 1.29 is 0 Å². The topological polar surface area (TPSA) is 6.48 Å². The normalized spacial score (nSPS) is 9.62. The molecule has 0 aliphatic carbocycles. The second-order valence-electron chi connectivity index (χ2n) is 3.91. The fourth-order valence-corrected chi connectivity index (χ4v) is 1.44. The van der Waals surface area contributed by atoms with Crippen LogP contribution in [0.3, 0.4) is 0 Å². The van der Waals surface area contributed by atoms with E-state index < -0.39 is 0 Å². The van der Waals surface area contributed by atoms with E-state index in [1.165, 1.54) is 12.1 Å². The Labute approximate surface area is 101 Å². The van der Waals surface area contributed by atoms with Gasteiger partial charge in [0.1, 0.15) is 0 Å². The van der Waals surface area contributed by atoms with Gasteiger partial charge in [-0.1, -0.05) is 32.0 Å². The van der Waals surface area contributed by atoms with Crippen LogP contribution in [-0.2, 0) is 0 Å². The molecule has 0 aromatic heterocycles. The molecule has 0 saturated carbocycles. The van der Waals surface area contributed by atoms with Gasteiger partial charge in [0.25, 0.3) is 0 Å². The fourth-order valence-electron chi connectivity index (χ4n) is 1.44. The van der Waals surface area contributed by atoms with E-state index in [0.717, 1.165) is 13.1 Å². The molecular formula is C14H26N2. The third-order valence-electron chi connectivity index (χ3n) is 2.30. The predicted molar refractivity (Wildman–Crippen MR) is 74.2 cm³/mol. The summed E-state index contributed by atoms with van der Waals surface area (Å²) in [6.07, 6.45) is 1.21. The molecule has 0 spiro atoms. The summed E-state index contributed by atoms with van der Waals surface area (Å²) >= 11 is 0. The minimum Gasteiger partial charge on any atom is -0.375 e. The molecule has 0 saturated heterocycles. The summed E-state index contributed by atoms with van der Waals surface area (Å²) in [6, 6.07) is 10.5. The zero-order valence-electron chi connectivity index (χ0n) is 11.4. The van der Waals surface area contributed by atoms with Crippen LogP contribution in [0.2, 0.25) is 0 Å². The van der Waals surface area contributed by atoms with E-state index in [-0.39, 0.29) is 0 Å². The molecule has 0 atom stereocenters. The molecule has 1 rings (SSSR count). The number of benzene rings is 1. The van der Waals surface area contributed by atoms with Crippen LogP contribution in [0, 0.1) is 0 Å². The summed E-state index contributed by atoms with van der Waals surface area (Å²) in [6.45, 7) is 6.26. The standard InChI is InChI=1S/C12H20N2.C2H6/c1-13(2)10-7-11-14(3)12-8-5-4-6-9-12;1-2/h4-6,8-9H,7,10-11H2,1-3H3;1-2H3. The number of nitrogens with zero attached hydrogens (tertiary/aromatic N) is 2. The number of hydrogen-bond acceptors (Lipinski definition) is 2. The Morgan fingerprint density at radius 2 is 1.44 bits per heavy atom. The molecule has 0 radical (unpaired) electrons. The van der Waals surface area contributed by atoms with Crippen LogP contribution < -0.4 is 4.90 Å². The molecule has 1 aromatic carbocycles. The predicted octanol–water partition coefficient (Wildman–Crippen LogP) is 3.10. The molecule has 92 valence electrons. The average Bonchev–Trinajstić information content (AvgIpc) is 2.32. The molecule has 0 aliphatic heterocycles. The molecule has 0 heterocycles. The highest BCUT2D eigenvalue weighted by molar-refractivity contribution is 5.44. The molecule has 0 fully saturated rings. The Bertz CT molecular complexity index is 244. The lowest BCUT2D eigenvalue weighted by atomic mass is 10.3. The molecule has 0 unspecified atom stereocenters. The highest BCUT2D eigenvalue weighted by atomic mass is 15.1. The van der Waals surface area contributed by atoms with Crippen LogP contribution >= 0.6 is 0 Å². The summed E-state index contributed by atoms with van der Waals surface area (Å²) in [5.41, 5.74) is 1.30. The maximum atomic E-state index is 2.30. The maximum Gasteiger partial charge on any atom is 0.0363 e. The van der Waals surface area contributed by atoms with Crippen molar-refractivity contribution in [1.82, 2.24) is 4.90 Å². The fraction of sp³-hybridized carbons (Fsp3) is 0.571. The molecule has 0 amide bonds. The van der Waals surface area contributed by atoms with Gasteiger partial charge in [-0.2, -0.15) is 0 Å².